The molecule has 27 heavy (non-hydrogen) atoms. The van der Waals surface area contributed by atoms with E-state index in [0.717, 1.165) is 17.6 Å². The summed E-state index contributed by atoms with van der Waals surface area (Å²) in [5.74, 6) is 0.804. The van der Waals surface area contributed by atoms with Gasteiger partial charge in [-0.15, -0.1) is 0 Å². The van der Waals surface area contributed by atoms with Crippen LogP contribution in [-0.2, 0) is 19.4 Å². The first-order valence-corrected chi connectivity index (χ1v) is 11.4. The largest absolute Gasteiger partial charge is 0.298 e. The number of thioether (sulfide) groups is 1. The normalized spacial score (nSPS) is 26.3. The molecule has 2 bridgehead atoms. The number of rotatable bonds is 4. The van der Waals surface area contributed by atoms with E-state index in [0.29, 0.717) is 12.1 Å². The fraction of sp³-hybridized carbons (Fsp3) is 0.545. The molecule has 4 aliphatic rings. The molecule has 3 aliphatic heterocycles. The van der Waals surface area contributed by atoms with Crippen LogP contribution in [0.2, 0.25) is 0 Å². The average molecular weight is 381 g/mol. The van der Waals surface area contributed by atoms with E-state index in [1.54, 1.807) is 22.9 Å². The van der Waals surface area contributed by atoms with Gasteiger partial charge in [-0.1, -0.05) is 36.0 Å². The van der Waals surface area contributed by atoms with Crippen LogP contribution in [0.4, 0.5) is 0 Å². The van der Waals surface area contributed by atoms with Crippen LogP contribution in [-0.4, -0.2) is 57.7 Å². The Kier molecular flexibility index (Phi) is 4.92. The zero-order chi connectivity index (χ0) is 18.2. The van der Waals surface area contributed by atoms with Gasteiger partial charge >= 0.3 is 0 Å². The van der Waals surface area contributed by atoms with Crippen molar-refractivity contribution >= 4 is 11.8 Å². The Morgan fingerprint density at radius 1 is 0.963 bits per heavy atom. The summed E-state index contributed by atoms with van der Waals surface area (Å²) in [6.07, 6.45) is 11.3. The molecule has 0 saturated carbocycles. The van der Waals surface area contributed by atoms with Gasteiger partial charge in [0.1, 0.15) is 0 Å². The number of hydrogen-bond acceptors (Lipinski definition) is 5. The van der Waals surface area contributed by atoms with Crippen molar-refractivity contribution < 1.29 is 0 Å². The first kappa shape index (κ1) is 17.7. The van der Waals surface area contributed by atoms with Gasteiger partial charge in [-0.25, -0.2) is 9.97 Å². The predicted octanol–water partition coefficient (Wildman–Crippen LogP) is 3.26. The molecule has 1 aliphatic carbocycles. The lowest BCUT2D eigenvalue weighted by atomic mass is 9.94. The van der Waals surface area contributed by atoms with Crippen LogP contribution in [0, 0.1) is 5.92 Å². The molecule has 0 N–H and O–H groups in total. The Hall–Kier alpha value is -1.43. The molecule has 0 spiro atoms. The van der Waals surface area contributed by atoms with Crippen LogP contribution in [0.25, 0.3) is 0 Å². The Bertz CT molecular complexity index is 768. The summed E-state index contributed by atoms with van der Waals surface area (Å²) in [6.45, 7) is 4.71. The lowest BCUT2D eigenvalue weighted by Crippen LogP contribution is -2.44. The van der Waals surface area contributed by atoms with Crippen LogP contribution in [0.15, 0.2) is 41.8 Å². The number of hydrogen-bond donors (Lipinski definition) is 0. The van der Waals surface area contributed by atoms with Crippen LogP contribution in [0.3, 0.4) is 0 Å². The maximum Gasteiger partial charge on any atom is 0.187 e. The lowest BCUT2D eigenvalue weighted by Gasteiger charge is -2.36. The summed E-state index contributed by atoms with van der Waals surface area (Å²) in [5.41, 5.74) is 4.39. The van der Waals surface area contributed by atoms with Gasteiger partial charge in [0.15, 0.2) is 5.16 Å². The second-order valence-corrected chi connectivity index (χ2v) is 9.16. The summed E-state index contributed by atoms with van der Waals surface area (Å²) in [7, 11) is 0. The van der Waals surface area contributed by atoms with Gasteiger partial charge in [-0.05, 0) is 49.0 Å². The summed E-state index contributed by atoms with van der Waals surface area (Å²) >= 11 is 1.61. The SMILES string of the molecule is CSc1ncc(CN2C[C@H]3CC[C@@H]2CN(C2Cc4ccccc4C2)C3)cn1. The summed E-state index contributed by atoms with van der Waals surface area (Å²) in [6, 6.07) is 10.4. The maximum atomic E-state index is 4.46. The van der Waals surface area contributed by atoms with Crippen molar-refractivity contribution in [2.75, 3.05) is 25.9 Å². The van der Waals surface area contributed by atoms with E-state index in [2.05, 4.69) is 44.0 Å². The minimum absolute atomic E-state index is 0.674. The van der Waals surface area contributed by atoms with Crippen LogP contribution in [0.1, 0.15) is 29.5 Å². The number of fused-ring (bicyclic) bond motifs is 5. The highest BCUT2D eigenvalue weighted by Crippen LogP contribution is 2.33. The molecule has 5 heteroatoms. The fourth-order valence-electron chi connectivity index (χ4n) is 5.27. The lowest BCUT2D eigenvalue weighted by molar-refractivity contribution is 0.120. The minimum Gasteiger partial charge on any atom is -0.298 e. The van der Waals surface area contributed by atoms with E-state index in [9.17, 15) is 0 Å². The van der Waals surface area contributed by atoms with Gasteiger partial charge in [0, 0.05) is 56.2 Å². The van der Waals surface area contributed by atoms with E-state index in [1.807, 2.05) is 18.6 Å². The third-order valence-corrected chi connectivity index (χ3v) is 7.23. The molecule has 3 fully saturated rings. The molecule has 0 radical (unpaired) electrons. The molecule has 1 aromatic carbocycles. The monoisotopic (exact) mass is 380 g/mol. The third-order valence-electron chi connectivity index (χ3n) is 6.65. The van der Waals surface area contributed by atoms with Gasteiger partial charge in [0.05, 0.1) is 0 Å². The van der Waals surface area contributed by atoms with E-state index >= 15 is 0 Å². The quantitative estimate of drug-likeness (QED) is 0.600. The number of benzene rings is 1. The van der Waals surface area contributed by atoms with Crippen LogP contribution >= 0.6 is 11.8 Å². The second kappa shape index (κ2) is 7.53. The van der Waals surface area contributed by atoms with Gasteiger partial charge < -0.3 is 0 Å². The standard InChI is InChI=1S/C22H28N4S/c1-27-22-23-10-17(11-24-22)14-25-12-16-6-7-20(25)15-26(13-16)21-8-18-4-2-3-5-19(18)9-21/h2-5,10-11,16,20-21H,6-9,12-15H2,1H3/t16-,20-/m1/s1. The molecule has 4 nitrogen and oxygen atoms in total. The molecule has 0 amide bonds. The second-order valence-electron chi connectivity index (χ2n) is 8.39. The Morgan fingerprint density at radius 2 is 1.70 bits per heavy atom. The third kappa shape index (κ3) is 3.65. The van der Waals surface area contributed by atoms with Crippen molar-refractivity contribution in [3.05, 3.63) is 53.3 Å². The predicted molar refractivity (Wildman–Crippen MR) is 110 cm³/mol. The van der Waals surface area contributed by atoms with Gasteiger partial charge in [0.25, 0.3) is 0 Å². The van der Waals surface area contributed by atoms with E-state index in [-0.39, 0.29) is 0 Å². The fourth-order valence-corrected chi connectivity index (χ4v) is 5.58. The van der Waals surface area contributed by atoms with Crippen molar-refractivity contribution in [3.8, 4) is 0 Å². The topological polar surface area (TPSA) is 32.3 Å². The highest BCUT2D eigenvalue weighted by Gasteiger charge is 2.38. The molecule has 4 heterocycles. The number of aromatic nitrogens is 2. The van der Waals surface area contributed by atoms with Crippen molar-refractivity contribution in [1.82, 2.24) is 19.8 Å². The van der Waals surface area contributed by atoms with Crippen LogP contribution < -0.4 is 0 Å². The molecule has 6 rings (SSSR count). The highest BCUT2D eigenvalue weighted by atomic mass is 32.2. The molecule has 2 aromatic rings. The Balaban J connectivity index is 1.27. The average Bonchev–Trinajstić information content (AvgIpc) is 2.93. The van der Waals surface area contributed by atoms with Crippen molar-refractivity contribution in [2.24, 2.45) is 5.92 Å². The zero-order valence-electron chi connectivity index (χ0n) is 16.1. The summed E-state index contributed by atoms with van der Waals surface area (Å²) in [5, 5.41) is 0.864. The van der Waals surface area contributed by atoms with Crippen molar-refractivity contribution in [2.45, 2.75) is 49.5 Å². The van der Waals surface area contributed by atoms with Crippen molar-refractivity contribution in [1.29, 1.82) is 0 Å². The maximum absolute atomic E-state index is 4.46. The van der Waals surface area contributed by atoms with E-state index < -0.39 is 0 Å². The van der Waals surface area contributed by atoms with Gasteiger partial charge in [-0.3, -0.25) is 9.80 Å². The minimum atomic E-state index is 0.674. The summed E-state index contributed by atoms with van der Waals surface area (Å²) < 4.78 is 0. The van der Waals surface area contributed by atoms with Gasteiger partial charge in [0.2, 0.25) is 0 Å². The van der Waals surface area contributed by atoms with Gasteiger partial charge in [-0.2, -0.15) is 0 Å². The molecule has 1 aromatic heterocycles. The first-order valence-electron chi connectivity index (χ1n) is 10.2. The van der Waals surface area contributed by atoms with E-state index in [1.165, 1.54) is 50.9 Å². The smallest absolute Gasteiger partial charge is 0.187 e. The molecule has 0 unspecified atom stereocenters. The zero-order valence-corrected chi connectivity index (χ0v) is 16.9. The van der Waals surface area contributed by atoms with Crippen LogP contribution in [0.5, 0.6) is 0 Å². The van der Waals surface area contributed by atoms with E-state index in [4.69, 9.17) is 0 Å². The molecule has 3 saturated heterocycles. The Morgan fingerprint density at radius 3 is 2.41 bits per heavy atom. The highest BCUT2D eigenvalue weighted by molar-refractivity contribution is 7.98. The Labute approximate surface area is 166 Å². The number of piperidine rings is 1. The molecule has 142 valence electrons. The molecule has 2 atom stereocenters. The summed E-state index contributed by atoms with van der Waals surface area (Å²) in [4.78, 5) is 14.4. The molecular formula is C22H28N4S. The molecular weight excluding hydrogens is 352 g/mol. The first-order chi connectivity index (χ1) is 13.3. The van der Waals surface area contributed by atoms with Crippen molar-refractivity contribution in [3.63, 3.8) is 0 Å². The number of nitrogens with zero attached hydrogens (tertiary/aromatic N) is 4.